The largest absolute Gasteiger partial charge is 0.392 e. The van der Waals surface area contributed by atoms with Gasteiger partial charge < -0.3 is 5.11 Å². The van der Waals surface area contributed by atoms with E-state index in [0.29, 0.717) is 12.1 Å². The number of thiophene rings is 1. The highest BCUT2D eigenvalue weighted by molar-refractivity contribution is 9.11. The Balaban J connectivity index is 2.05. The van der Waals surface area contributed by atoms with E-state index < -0.39 is 10.0 Å². The van der Waals surface area contributed by atoms with Crippen LogP contribution in [-0.2, 0) is 28.9 Å². The van der Waals surface area contributed by atoms with Crippen molar-refractivity contribution in [2.45, 2.75) is 18.9 Å². The summed E-state index contributed by atoms with van der Waals surface area (Å²) >= 11 is 4.91. The van der Waals surface area contributed by atoms with E-state index in [4.69, 9.17) is 5.11 Å². The van der Waals surface area contributed by atoms with E-state index in [0.717, 1.165) is 14.9 Å². The number of hydrogen-bond acceptors (Lipinski definition) is 4. The molecule has 0 aliphatic carbocycles. The van der Waals surface area contributed by atoms with Crippen LogP contribution < -0.4 is 0 Å². The summed E-state index contributed by atoms with van der Waals surface area (Å²) in [6, 6.07) is 8.87. The average molecular weight is 390 g/mol. The van der Waals surface area contributed by atoms with Gasteiger partial charge >= 0.3 is 0 Å². The van der Waals surface area contributed by atoms with Crippen molar-refractivity contribution < 1.29 is 13.5 Å². The fourth-order valence-corrected chi connectivity index (χ4v) is 4.23. The van der Waals surface area contributed by atoms with Crippen molar-refractivity contribution in [3.05, 3.63) is 56.2 Å². The lowest BCUT2D eigenvalue weighted by Crippen LogP contribution is -2.27. The third-order valence-electron chi connectivity index (χ3n) is 3.06. The molecule has 0 saturated carbocycles. The van der Waals surface area contributed by atoms with Gasteiger partial charge in [-0.1, -0.05) is 24.3 Å². The van der Waals surface area contributed by atoms with E-state index in [1.54, 1.807) is 31.3 Å². The Bertz CT molecular complexity index is 695. The minimum absolute atomic E-state index is 0.0412. The minimum Gasteiger partial charge on any atom is -0.392 e. The molecule has 21 heavy (non-hydrogen) atoms. The molecular weight excluding hydrogens is 374 g/mol. The van der Waals surface area contributed by atoms with Crippen molar-refractivity contribution in [1.29, 1.82) is 0 Å². The van der Waals surface area contributed by atoms with Gasteiger partial charge in [-0.3, -0.25) is 0 Å². The van der Waals surface area contributed by atoms with Gasteiger partial charge in [0.1, 0.15) is 0 Å². The molecule has 2 rings (SSSR count). The lowest BCUT2D eigenvalue weighted by atomic mass is 10.2. The van der Waals surface area contributed by atoms with Gasteiger partial charge in [0.05, 0.1) is 16.1 Å². The minimum atomic E-state index is -3.36. The van der Waals surface area contributed by atoms with Crippen LogP contribution >= 0.6 is 27.3 Å². The Kier molecular flexibility index (Phi) is 5.56. The molecule has 2 aromatic rings. The average Bonchev–Trinajstić information content (AvgIpc) is 2.84. The van der Waals surface area contributed by atoms with E-state index in [1.165, 1.54) is 15.6 Å². The molecule has 4 nitrogen and oxygen atoms in total. The first kappa shape index (κ1) is 16.6. The number of nitrogens with zero attached hydrogens (tertiary/aromatic N) is 1. The number of aliphatic hydroxyl groups excluding tert-OH is 1. The fraction of sp³-hybridized carbons (Fsp3) is 0.286. The SMILES string of the molecule is CN(Cc1csc(Br)c1)S(=O)(=O)Cc1ccc(CO)cc1. The maximum absolute atomic E-state index is 12.3. The lowest BCUT2D eigenvalue weighted by Gasteiger charge is -2.16. The molecule has 0 radical (unpaired) electrons. The molecule has 0 spiro atoms. The zero-order valence-corrected chi connectivity index (χ0v) is 14.7. The summed E-state index contributed by atoms with van der Waals surface area (Å²) in [5, 5.41) is 10.9. The van der Waals surface area contributed by atoms with Crippen LogP contribution in [0.3, 0.4) is 0 Å². The Labute approximate surface area is 137 Å². The number of sulfonamides is 1. The molecular formula is C14H16BrNO3S2. The summed E-state index contributed by atoms with van der Waals surface area (Å²) < 4.78 is 27.0. The second-order valence-corrected chi connectivity index (χ2v) is 9.11. The van der Waals surface area contributed by atoms with Gasteiger partial charge in [0.2, 0.25) is 10.0 Å². The second kappa shape index (κ2) is 7.02. The third kappa shape index (κ3) is 4.62. The van der Waals surface area contributed by atoms with Crippen molar-refractivity contribution >= 4 is 37.3 Å². The van der Waals surface area contributed by atoms with E-state index in [9.17, 15) is 8.42 Å². The van der Waals surface area contributed by atoms with Crippen LogP contribution in [0.25, 0.3) is 0 Å². The molecule has 114 valence electrons. The van der Waals surface area contributed by atoms with Crippen LogP contribution in [-0.4, -0.2) is 24.9 Å². The standard InChI is InChI=1S/C14H16BrNO3S2/c1-16(7-13-6-14(15)20-9-13)21(18,19)10-12-4-2-11(8-17)3-5-12/h2-6,9,17H,7-8,10H2,1H3. The van der Waals surface area contributed by atoms with Crippen molar-refractivity contribution in [1.82, 2.24) is 4.31 Å². The van der Waals surface area contributed by atoms with Crippen molar-refractivity contribution in [2.24, 2.45) is 0 Å². The van der Waals surface area contributed by atoms with Gasteiger partial charge in [0.25, 0.3) is 0 Å². The number of halogens is 1. The molecule has 0 saturated heterocycles. The maximum atomic E-state index is 12.3. The van der Waals surface area contributed by atoms with Crippen molar-refractivity contribution in [3.63, 3.8) is 0 Å². The molecule has 0 atom stereocenters. The molecule has 1 N–H and O–H groups in total. The van der Waals surface area contributed by atoms with Crippen LogP contribution in [0, 0.1) is 0 Å². The second-order valence-electron chi connectivity index (χ2n) is 4.75. The van der Waals surface area contributed by atoms with Gasteiger partial charge in [-0.05, 0) is 44.1 Å². The quantitative estimate of drug-likeness (QED) is 0.825. The van der Waals surface area contributed by atoms with Gasteiger partial charge in [-0.15, -0.1) is 11.3 Å². The van der Waals surface area contributed by atoms with Crippen LogP contribution in [0.15, 0.2) is 39.5 Å². The van der Waals surface area contributed by atoms with Gasteiger partial charge in [-0.25, -0.2) is 12.7 Å². The summed E-state index contributed by atoms with van der Waals surface area (Å²) in [6.07, 6.45) is 0. The first-order valence-corrected chi connectivity index (χ1v) is 9.54. The monoisotopic (exact) mass is 389 g/mol. The van der Waals surface area contributed by atoms with Crippen LogP contribution in [0.5, 0.6) is 0 Å². The highest BCUT2D eigenvalue weighted by Gasteiger charge is 2.19. The summed E-state index contributed by atoms with van der Waals surface area (Å²) in [5.74, 6) is -0.0412. The summed E-state index contributed by atoms with van der Waals surface area (Å²) in [5.41, 5.74) is 2.45. The van der Waals surface area contributed by atoms with Crippen LogP contribution in [0.4, 0.5) is 0 Å². The van der Waals surface area contributed by atoms with E-state index in [-0.39, 0.29) is 12.4 Å². The normalized spacial score (nSPS) is 12.0. The Morgan fingerprint density at radius 1 is 1.19 bits per heavy atom. The molecule has 0 fully saturated rings. The van der Waals surface area contributed by atoms with E-state index in [1.807, 2.05) is 11.4 Å². The van der Waals surface area contributed by atoms with Crippen molar-refractivity contribution in [3.8, 4) is 0 Å². The molecule has 7 heteroatoms. The summed E-state index contributed by atoms with van der Waals surface area (Å²) in [6.45, 7) is 0.319. The molecule has 0 aliphatic heterocycles. The predicted molar refractivity (Wildman–Crippen MR) is 88.5 cm³/mol. The topological polar surface area (TPSA) is 57.6 Å². The van der Waals surface area contributed by atoms with Gasteiger partial charge in [-0.2, -0.15) is 0 Å². The van der Waals surface area contributed by atoms with Gasteiger partial charge in [0, 0.05) is 13.6 Å². The zero-order chi connectivity index (χ0) is 15.5. The van der Waals surface area contributed by atoms with Gasteiger partial charge in [0.15, 0.2) is 0 Å². The molecule has 0 bridgehead atoms. The molecule has 1 heterocycles. The van der Waals surface area contributed by atoms with Crippen LogP contribution in [0.2, 0.25) is 0 Å². The molecule has 0 amide bonds. The molecule has 1 aromatic heterocycles. The number of benzene rings is 1. The molecule has 0 aliphatic rings. The summed E-state index contributed by atoms with van der Waals surface area (Å²) in [7, 11) is -1.78. The Morgan fingerprint density at radius 3 is 2.33 bits per heavy atom. The molecule has 0 unspecified atom stereocenters. The van der Waals surface area contributed by atoms with Crippen LogP contribution in [0.1, 0.15) is 16.7 Å². The Hall–Kier alpha value is -0.730. The first-order chi connectivity index (χ1) is 9.90. The lowest BCUT2D eigenvalue weighted by molar-refractivity contribution is 0.282. The van der Waals surface area contributed by atoms with Crippen molar-refractivity contribution in [2.75, 3.05) is 7.05 Å². The Morgan fingerprint density at radius 2 is 1.81 bits per heavy atom. The van der Waals surface area contributed by atoms with E-state index >= 15 is 0 Å². The fourth-order valence-electron chi connectivity index (χ4n) is 1.85. The molecule has 1 aromatic carbocycles. The number of rotatable bonds is 6. The third-order valence-corrected chi connectivity index (χ3v) is 6.39. The highest BCUT2D eigenvalue weighted by Crippen LogP contribution is 2.22. The number of hydrogen-bond donors (Lipinski definition) is 1. The highest BCUT2D eigenvalue weighted by atomic mass is 79.9. The first-order valence-electron chi connectivity index (χ1n) is 6.26. The summed E-state index contributed by atoms with van der Waals surface area (Å²) in [4.78, 5) is 0. The number of aliphatic hydroxyl groups is 1. The predicted octanol–water partition coefficient (Wildman–Crippen LogP) is 2.96. The zero-order valence-electron chi connectivity index (χ0n) is 11.5. The van der Waals surface area contributed by atoms with E-state index in [2.05, 4.69) is 15.9 Å². The smallest absolute Gasteiger partial charge is 0.218 e. The maximum Gasteiger partial charge on any atom is 0.218 e.